The molecule has 3 heteroatoms. The van der Waals surface area contributed by atoms with Crippen molar-refractivity contribution in [2.45, 2.75) is 65.1 Å². The zero-order valence-corrected chi connectivity index (χ0v) is 11.1. The summed E-state index contributed by atoms with van der Waals surface area (Å²) in [6.07, 6.45) is 0.866. The summed E-state index contributed by atoms with van der Waals surface area (Å²) in [7, 11) is 0. The van der Waals surface area contributed by atoms with Crippen LogP contribution in [0.2, 0.25) is 0 Å². The van der Waals surface area contributed by atoms with E-state index in [-0.39, 0.29) is 17.2 Å². The van der Waals surface area contributed by atoms with Gasteiger partial charge in [0.1, 0.15) is 0 Å². The molecule has 2 unspecified atom stereocenters. The van der Waals surface area contributed by atoms with Crippen molar-refractivity contribution in [2.24, 2.45) is 17.4 Å². The maximum Gasteiger partial charge on any atom is 0.0641 e. The lowest BCUT2D eigenvalue weighted by molar-refractivity contribution is -0.0492. The fraction of sp³-hybridized carbons (Fsp3) is 1.00. The van der Waals surface area contributed by atoms with Crippen LogP contribution in [0.15, 0.2) is 0 Å². The normalized spacial score (nSPS) is 17.6. The Morgan fingerprint density at radius 1 is 1.13 bits per heavy atom. The predicted molar refractivity (Wildman–Crippen MR) is 65.7 cm³/mol. The highest BCUT2D eigenvalue weighted by molar-refractivity contribution is 4.80. The SMILES string of the molecule is CC(N)CC(C)(C)OCC(C)C(C)(C)N. The van der Waals surface area contributed by atoms with Crippen molar-refractivity contribution in [3.63, 3.8) is 0 Å². The number of rotatable bonds is 6. The molecule has 0 aliphatic heterocycles. The summed E-state index contributed by atoms with van der Waals surface area (Å²) in [5.41, 5.74) is 11.4. The van der Waals surface area contributed by atoms with E-state index in [2.05, 4.69) is 20.8 Å². The van der Waals surface area contributed by atoms with Crippen LogP contribution in [0.5, 0.6) is 0 Å². The minimum absolute atomic E-state index is 0.159. The van der Waals surface area contributed by atoms with Crippen molar-refractivity contribution in [2.75, 3.05) is 6.61 Å². The third-order valence-electron chi connectivity index (χ3n) is 2.81. The monoisotopic (exact) mass is 216 g/mol. The van der Waals surface area contributed by atoms with Crippen molar-refractivity contribution in [3.8, 4) is 0 Å². The highest BCUT2D eigenvalue weighted by atomic mass is 16.5. The van der Waals surface area contributed by atoms with Crippen molar-refractivity contribution >= 4 is 0 Å². The van der Waals surface area contributed by atoms with Gasteiger partial charge in [-0.2, -0.15) is 0 Å². The second-order valence-electron chi connectivity index (χ2n) is 5.97. The van der Waals surface area contributed by atoms with Gasteiger partial charge in [-0.25, -0.2) is 0 Å². The van der Waals surface area contributed by atoms with E-state index < -0.39 is 0 Å². The highest BCUT2D eigenvalue weighted by Crippen LogP contribution is 2.20. The van der Waals surface area contributed by atoms with E-state index in [0.29, 0.717) is 12.5 Å². The molecule has 0 heterocycles. The van der Waals surface area contributed by atoms with Crippen LogP contribution >= 0.6 is 0 Å². The molecule has 0 saturated carbocycles. The van der Waals surface area contributed by atoms with Crippen molar-refractivity contribution in [1.29, 1.82) is 0 Å². The molecule has 0 fully saturated rings. The molecule has 2 atom stereocenters. The third-order valence-corrected chi connectivity index (χ3v) is 2.81. The van der Waals surface area contributed by atoms with Crippen LogP contribution in [0.4, 0.5) is 0 Å². The average molecular weight is 216 g/mol. The third kappa shape index (κ3) is 6.88. The first kappa shape index (κ1) is 14.9. The van der Waals surface area contributed by atoms with Gasteiger partial charge in [-0.3, -0.25) is 0 Å². The Morgan fingerprint density at radius 2 is 1.60 bits per heavy atom. The van der Waals surface area contributed by atoms with Crippen LogP contribution in [0.3, 0.4) is 0 Å². The van der Waals surface area contributed by atoms with E-state index in [1.165, 1.54) is 0 Å². The van der Waals surface area contributed by atoms with Gasteiger partial charge in [-0.1, -0.05) is 6.92 Å². The maximum absolute atomic E-state index is 6.00. The van der Waals surface area contributed by atoms with Gasteiger partial charge in [0.05, 0.1) is 12.2 Å². The largest absolute Gasteiger partial charge is 0.375 e. The number of ether oxygens (including phenoxy) is 1. The average Bonchev–Trinajstić information content (AvgIpc) is 1.95. The fourth-order valence-corrected chi connectivity index (χ4v) is 1.40. The van der Waals surface area contributed by atoms with Gasteiger partial charge in [0.2, 0.25) is 0 Å². The predicted octanol–water partition coefficient (Wildman–Crippen LogP) is 1.89. The molecule has 4 N–H and O–H groups in total. The summed E-state index contributed by atoms with van der Waals surface area (Å²) in [5, 5.41) is 0. The van der Waals surface area contributed by atoms with Crippen LogP contribution in [0.25, 0.3) is 0 Å². The van der Waals surface area contributed by atoms with Crippen molar-refractivity contribution in [3.05, 3.63) is 0 Å². The Hall–Kier alpha value is -0.120. The van der Waals surface area contributed by atoms with Crippen LogP contribution in [-0.2, 0) is 4.74 Å². The zero-order valence-electron chi connectivity index (χ0n) is 11.1. The van der Waals surface area contributed by atoms with Gasteiger partial charge < -0.3 is 16.2 Å². The van der Waals surface area contributed by atoms with Gasteiger partial charge >= 0.3 is 0 Å². The van der Waals surface area contributed by atoms with Crippen LogP contribution in [0, 0.1) is 5.92 Å². The quantitative estimate of drug-likeness (QED) is 0.713. The van der Waals surface area contributed by atoms with Crippen molar-refractivity contribution in [1.82, 2.24) is 0 Å². The van der Waals surface area contributed by atoms with Gasteiger partial charge in [0.25, 0.3) is 0 Å². The first-order valence-corrected chi connectivity index (χ1v) is 5.73. The topological polar surface area (TPSA) is 61.3 Å². The van der Waals surface area contributed by atoms with Gasteiger partial charge in [-0.15, -0.1) is 0 Å². The lowest BCUT2D eigenvalue weighted by Gasteiger charge is -2.33. The second kappa shape index (κ2) is 5.28. The summed E-state index contributed by atoms with van der Waals surface area (Å²) in [4.78, 5) is 0. The molecule has 3 nitrogen and oxygen atoms in total. The fourth-order valence-electron chi connectivity index (χ4n) is 1.40. The minimum atomic E-state index is -0.190. The van der Waals surface area contributed by atoms with Crippen LogP contribution in [0.1, 0.15) is 48.0 Å². The second-order valence-corrected chi connectivity index (χ2v) is 5.97. The highest BCUT2D eigenvalue weighted by Gasteiger charge is 2.25. The Kier molecular flexibility index (Phi) is 5.24. The van der Waals surface area contributed by atoms with Gasteiger partial charge in [0.15, 0.2) is 0 Å². The summed E-state index contributed by atoms with van der Waals surface area (Å²) < 4.78 is 5.87. The Labute approximate surface area is 94.5 Å². The molecule has 0 aliphatic carbocycles. The smallest absolute Gasteiger partial charge is 0.0641 e. The number of nitrogens with two attached hydrogens (primary N) is 2. The molecule has 0 aromatic rings. The minimum Gasteiger partial charge on any atom is -0.375 e. The Bertz CT molecular complexity index is 183. The molecular formula is C12H28N2O. The Morgan fingerprint density at radius 3 is 1.93 bits per heavy atom. The molecular weight excluding hydrogens is 188 g/mol. The molecule has 0 spiro atoms. The van der Waals surface area contributed by atoms with Crippen LogP contribution in [-0.4, -0.2) is 23.8 Å². The summed E-state index contributed by atoms with van der Waals surface area (Å²) in [6.45, 7) is 13.0. The zero-order chi connectivity index (χ0) is 12.3. The molecule has 0 rings (SSSR count). The standard InChI is InChI=1S/C12H28N2O/c1-9(12(5,6)14)8-15-11(3,4)7-10(2)13/h9-10H,7-8,13-14H2,1-6H3. The molecule has 0 bridgehead atoms. The number of hydrogen-bond donors (Lipinski definition) is 2. The lowest BCUT2D eigenvalue weighted by atomic mass is 9.90. The first-order valence-electron chi connectivity index (χ1n) is 5.73. The molecule has 0 aromatic heterocycles. The summed E-state index contributed by atoms with van der Waals surface area (Å²) in [5.74, 6) is 0.338. The molecule has 92 valence electrons. The van der Waals surface area contributed by atoms with Gasteiger partial charge in [0, 0.05) is 11.6 Å². The molecule has 0 radical (unpaired) electrons. The van der Waals surface area contributed by atoms with E-state index in [1.807, 2.05) is 20.8 Å². The maximum atomic E-state index is 6.00. The Balaban J connectivity index is 4.04. The number of hydrogen-bond acceptors (Lipinski definition) is 3. The lowest BCUT2D eigenvalue weighted by Crippen LogP contribution is -2.43. The van der Waals surface area contributed by atoms with E-state index in [4.69, 9.17) is 16.2 Å². The van der Waals surface area contributed by atoms with E-state index in [9.17, 15) is 0 Å². The molecule has 0 aliphatic rings. The van der Waals surface area contributed by atoms with E-state index in [1.54, 1.807) is 0 Å². The molecule has 0 aromatic carbocycles. The summed E-state index contributed by atoms with van der Waals surface area (Å²) in [6, 6.07) is 0.168. The first-order chi connectivity index (χ1) is 6.54. The molecule has 0 saturated heterocycles. The summed E-state index contributed by atoms with van der Waals surface area (Å²) >= 11 is 0. The molecule has 0 amide bonds. The van der Waals surface area contributed by atoms with E-state index >= 15 is 0 Å². The van der Waals surface area contributed by atoms with Crippen molar-refractivity contribution < 1.29 is 4.74 Å². The van der Waals surface area contributed by atoms with Crippen LogP contribution < -0.4 is 11.5 Å². The van der Waals surface area contributed by atoms with Gasteiger partial charge in [-0.05, 0) is 47.0 Å². The van der Waals surface area contributed by atoms with E-state index in [0.717, 1.165) is 6.42 Å². The molecule has 15 heavy (non-hydrogen) atoms.